The molecule has 5 heteroatoms. The summed E-state index contributed by atoms with van der Waals surface area (Å²) in [5.74, 6) is -0.932. The summed E-state index contributed by atoms with van der Waals surface area (Å²) in [6.45, 7) is 7.68. The largest absolute Gasteiger partial charge is 0.314 e. The molecule has 1 heterocycles. The molecule has 1 unspecified atom stereocenters. The van der Waals surface area contributed by atoms with Crippen LogP contribution in [0, 0.1) is 11.6 Å². The summed E-state index contributed by atoms with van der Waals surface area (Å²) < 4.78 is 27.5. The molecule has 0 aromatic heterocycles. The van der Waals surface area contributed by atoms with Crippen molar-refractivity contribution in [3.8, 4) is 0 Å². The highest BCUT2D eigenvalue weighted by Gasteiger charge is 2.20. The van der Waals surface area contributed by atoms with E-state index in [2.05, 4.69) is 10.2 Å². The van der Waals surface area contributed by atoms with Crippen molar-refractivity contribution < 1.29 is 8.78 Å². The molecule has 0 aliphatic carbocycles. The highest BCUT2D eigenvalue weighted by atomic mass is 19.1. The maximum absolute atomic E-state index is 13.8. The molecule has 1 aliphatic rings. The van der Waals surface area contributed by atoms with Crippen molar-refractivity contribution >= 4 is 0 Å². The van der Waals surface area contributed by atoms with E-state index in [1.807, 2.05) is 18.9 Å². The highest BCUT2D eigenvalue weighted by molar-refractivity contribution is 5.22. The lowest BCUT2D eigenvalue weighted by molar-refractivity contribution is 0.179. The molecule has 0 saturated carbocycles. The van der Waals surface area contributed by atoms with E-state index in [0.29, 0.717) is 0 Å². The monoisotopic (exact) mass is 283 g/mol. The Kier molecular flexibility index (Phi) is 5.46. The zero-order chi connectivity index (χ0) is 14.5. The number of rotatable bonds is 5. The number of nitrogens with one attached hydrogen (secondary N) is 1. The minimum atomic E-state index is -0.466. The Morgan fingerprint density at radius 2 is 1.85 bits per heavy atom. The van der Waals surface area contributed by atoms with Gasteiger partial charge < -0.3 is 5.32 Å². The number of halogens is 2. The lowest BCUT2D eigenvalue weighted by atomic mass is 10.1. The van der Waals surface area contributed by atoms with Gasteiger partial charge in [-0.15, -0.1) is 0 Å². The molecular weight excluding hydrogens is 260 g/mol. The molecule has 2 rings (SSSR count). The molecule has 20 heavy (non-hydrogen) atoms. The van der Waals surface area contributed by atoms with Gasteiger partial charge in [0.25, 0.3) is 0 Å². The van der Waals surface area contributed by atoms with Crippen molar-refractivity contribution in [2.75, 3.05) is 46.3 Å². The van der Waals surface area contributed by atoms with E-state index in [9.17, 15) is 8.78 Å². The van der Waals surface area contributed by atoms with E-state index in [4.69, 9.17) is 0 Å². The van der Waals surface area contributed by atoms with Crippen molar-refractivity contribution in [2.45, 2.75) is 13.0 Å². The summed E-state index contributed by atoms with van der Waals surface area (Å²) in [4.78, 5) is 4.38. The van der Waals surface area contributed by atoms with Gasteiger partial charge in [-0.3, -0.25) is 9.80 Å². The molecule has 112 valence electrons. The van der Waals surface area contributed by atoms with Crippen LogP contribution in [-0.2, 0) is 0 Å². The second-order valence-corrected chi connectivity index (χ2v) is 5.38. The number of benzene rings is 1. The topological polar surface area (TPSA) is 18.5 Å². The molecule has 1 aliphatic heterocycles. The summed E-state index contributed by atoms with van der Waals surface area (Å²) >= 11 is 0. The summed E-state index contributed by atoms with van der Waals surface area (Å²) in [6.07, 6.45) is 0. The van der Waals surface area contributed by atoms with Gasteiger partial charge in [-0.1, -0.05) is 6.07 Å². The molecule has 0 amide bonds. The SMILES string of the molecule is CC(c1c(F)cccc1F)N(C)CCN1CCNCC1. The minimum Gasteiger partial charge on any atom is -0.314 e. The predicted molar refractivity (Wildman–Crippen MR) is 76.7 cm³/mol. The number of likely N-dealkylation sites (N-methyl/N-ethyl adjacent to an activating group) is 1. The summed E-state index contributed by atoms with van der Waals surface area (Å²) in [5.41, 5.74) is 0.162. The lowest BCUT2D eigenvalue weighted by Crippen LogP contribution is -2.46. The molecule has 1 atom stereocenters. The summed E-state index contributed by atoms with van der Waals surface area (Å²) in [5, 5.41) is 3.31. The van der Waals surface area contributed by atoms with Crippen LogP contribution in [0.25, 0.3) is 0 Å². The van der Waals surface area contributed by atoms with Gasteiger partial charge in [-0.2, -0.15) is 0 Å². The molecule has 1 N–H and O–H groups in total. The standard InChI is InChI=1S/C15H23F2N3/c1-12(15-13(16)4-3-5-14(15)17)19(2)10-11-20-8-6-18-7-9-20/h3-5,12,18H,6-11H2,1-2H3. The third-order valence-corrected chi connectivity index (χ3v) is 4.06. The van der Waals surface area contributed by atoms with E-state index in [1.165, 1.54) is 18.2 Å². The van der Waals surface area contributed by atoms with E-state index in [0.717, 1.165) is 39.3 Å². The van der Waals surface area contributed by atoms with Crippen molar-refractivity contribution in [3.63, 3.8) is 0 Å². The molecule has 1 fully saturated rings. The van der Waals surface area contributed by atoms with Crippen LogP contribution in [-0.4, -0.2) is 56.1 Å². The average molecular weight is 283 g/mol. The first kappa shape index (κ1) is 15.4. The van der Waals surface area contributed by atoms with E-state index < -0.39 is 11.6 Å². The first-order valence-corrected chi connectivity index (χ1v) is 7.17. The van der Waals surface area contributed by atoms with Crippen LogP contribution >= 0.6 is 0 Å². The first-order valence-electron chi connectivity index (χ1n) is 7.17. The average Bonchev–Trinajstić information content (AvgIpc) is 2.45. The van der Waals surface area contributed by atoms with Gasteiger partial charge in [0.1, 0.15) is 11.6 Å². The minimum absolute atomic E-state index is 0.162. The van der Waals surface area contributed by atoms with Crippen LogP contribution in [0.15, 0.2) is 18.2 Å². The Balaban J connectivity index is 1.92. The Morgan fingerprint density at radius 3 is 2.45 bits per heavy atom. The lowest BCUT2D eigenvalue weighted by Gasteiger charge is -2.31. The van der Waals surface area contributed by atoms with Gasteiger partial charge in [0.2, 0.25) is 0 Å². The molecule has 1 aromatic carbocycles. The first-order chi connectivity index (χ1) is 9.59. The van der Waals surface area contributed by atoms with Gasteiger partial charge in [0.15, 0.2) is 0 Å². The smallest absolute Gasteiger partial charge is 0.130 e. The van der Waals surface area contributed by atoms with Crippen molar-refractivity contribution in [2.24, 2.45) is 0 Å². The van der Waals surface area contributed by atoms with Gasteiger partial charge in [-0.05, 0) is 26.1 Å². The third kappa shape index (κ3) is 3.75. The fraction of sp³-hybridized carbons (Fsp3) is 0.600. The number of piperazine rings is 1. The molecule has 1 saturated heterocycles. The van der Waals surface area contributed by atoms with Crippen LogP contribution in [0.2, 0.25) is 0 Å². The quantitative estimate of drug-likeness (QED) is 0.890. The molecule has 3 nitrogen and oxygen atoms in total. The Labute approximate surface area is 119 Å². The number of hydrogen-bond acceptors (Lipinski definition) is 3. The fourth-order valence-corrected chi connectivity index (χ4v) is 2.56. The highest BCUT2D eigenvalue weighted by Crippen LogP contribution is 2.24. The van der Waals surface area contributed by atoms with E-state index in [1.54, 1.807) is 0 Å². The predicted octanol–water partition coefficient (Wildman–Crippen LogP) is 1.86. The van der Waals surface area contributed by atoms with Crippen molar-refractivity contribution in [3.05, 3.63) is 35.4 Å². The van der Waals surface area contributed by atoms with Crippen molar-refractivity contribution in [1.29, 1.82) is 0 Å². The maximum atomic E-state index is 13.8. The van der Waals surface area contributed by atoms with Gasteiger partial charge in [-0.25, -0.2) is 8.78 Å². The zero-order valence-electron chi connectivity index (χ0n) is 12.2. The molecule has 1 aromatic rings. The normalized spacial score (nSPS) is 18.4. The molecular formula is C15H23F2N3. The molecule has 0 radical (unpaired) electrons. The Morgan fingerprint density at radius 1 is 1.25 bits per heavy atom. The van der Waals surface area contributed by atoms with Crippen molar-refractivity contribution in [1.82, 2.24) is 15.1 Å². The van der Waals surface area contributed by atoms with Gasteiger partial charge in [0, 0.05) is 50.9 Å². The Bertz CT molecular complexity index is 413. The van der Waals surface area contributed by atoms with Crippen LogP contribution < -0.4 is 5.32 Å². The zero-order valence-corrected chi connectivity index (χ0v) is 12.2. The maximum Gasteiger partial charge on any atom is 0.130 e. The second-order valence-electron chi connectivity index (χ2n) is 5.38. The molecule has 0 spiro atoms. The van der Waals surface area contributed by atoms with Crippen LogP contribution in [0.3, 0.4) is 0 Å². The second kappa shape index (κ2) is 7.11. The Hall–Kier alpha value is -1.04. The van der Waals surface area contributed by atoms with Gasteiger partial charge in [0.05, 0.1) is 0 Å². The number of hydrogen-bond donors (Lipinski definition) is 1. The fourth-order valence-electron chi connectivity index (χ4n) is 2.56. The van der Waals surface area contributed by atoms with Crippen LogP contribution in [0.5, 0.6) is 0 Å². The molecule has 0 bridgehead atoms. The van der Waals surface area contributed by atoms with Gasteiger partial charge >= 0.3 is 0 Å². The summed E-state index contributed by atoms with van der Waals surface area (Å²) in [7, 11) is 1.92. The number of nitrogens with zero attached hydrogens (tertiary/aromatic N) is 2. The van der Waals surface area contributed by atoms with E-state index in [-0.39, 0.29) is 11.6 Å². The summed E-state index contributed by atoms with van der Waals surface area (Å²) in [6, 6.07) is 3.78. The van der Waals surface area contributed by atoms with E-state index >= 15 is 0 Å². The third-order valence-electron chi connectivity index (χ3n) is 4.06. The van der Waals surface area contributed by atoms with Crippen LogP contribution in [0.1, 0.15) is 18.5 Å². The van der Waals surface area contributed by atoms with Crippen LogP contribution in [0.4, 0.5) is 8.78 Å².